The highest BCUT2D eigenvalue weighted by molar-refractivity contribution is 5.81. The minimum atomic E-state index is -0.445. The lowest BCUT2D eigenvalue weighted by atomic mass is 10.0. The van der Waals surface area contributed by atoms with Gasteiger partial charge >= 0.3 is 0 Å². The van der Waals surface area contributed by atoms with E-state index in [0.29, 0.717) is 5.69 Å². The molecule has 4 aromatic rings. The summed E-state index contributed by atoms with van der Waals surface area (Å²) >= 11 is 0. The average molecular weight is 390 g/mol. The predicted octanol–water partition coefficient (Wildman–Crippen LogP) is 6.84. The number of hydrogen-bond acceptors (Lipinski definition) is 4. The molecule has 4 nitrogen and oxygen atoms in total. The first kappa shape index (κ1) is 19.3. The van der Waals surface area contributed by atoms with Crippen molar-refractivity contribution in [1.29, 1.82) is 0 Å². The number of nitrogens with two attached hydrogens (primary N) is 1. The monoisotopic (exact) mass is 390 g/mol. The third-order valence-corrected chi connectivity index (χ3v) is 4.66. The summed E-state index contributed by atoms with van der Waals surface area (Å²) in [5.41, 5.74) is 11.6. The number of nitrogens with zero attached hydrogens (tertiary/aromatic N) is 3. The first-order valence-corrected chi connectivity index (χ1v) is 9.78. The lowest BCUT2D eigenvalue weighted by Crippen LogP contribution is -1.94. The Kier molecular flexibility index (Phi) is 6.06. The fraction of sp³-hybridized carbons (Fsp3) is 0.0385. The molecular formula is C26H22N4. The molecule has 0 heterocycles. The summed E-state index contributed by atoms with van der Waals surface area (Å²) in [5, 5.41) is 8.81. The van der Waals surface area contributed by atoms with E-state index in [4.69, 9.17) is 5.73 Å². The lowest BCUT2D eigenvalue weighted by molar-refractivity contribution is 0.733. The standard InChI is InChI=1S/C26H22N4/c27-24-17-15-23(16-18-24)26(30-29-25-9-5-2-6-10-25)28-19-20-11-13-22(14-12-20)21-7-3-1-4-8-21/h1-19,26H,27H2. The summed E-state index contributed by atoms with van der Waals surface area (Å²) < 4.78 is 0. The van der Waals surface area contributed by atoms with E-state index in [1.54, 1.807) is 0 Å². The summed E-state index contributed by atoms with van der Waals surface area (Å²) in [5.74, 6) is 0. The summed E-state index contributed by atoms with van der Waals surface area (Å²) in [6.07, 6.45) is 1.39. The Morgan fingerprint density at radius 2 is 1.23 bits per heavy atom. The van der Waals surface area contributed by atoms with Gasteiger partial charge in [0.05, 0.1) is 5.69 Å². The van der Waals surface area contributed by atoms with Crippen LogP contribution in [-0.4, -0.2) is 6.21 Å². The van der Waals surface area contributed by atoms with Crippen LogP contribution in [0.3, 0.4) is 0 Å². The number of anilines is 1. The minimum absolute atomic E-state index is 0.445. The third-order valence-electron chi connectivity index (χ3n) is 4.66. The fourth-order valence-electron chi connectivity index (χ4n) is 3.02. The highest BCUT2D eigenvalue weighted by Gasteiger charge is 2.08. The SMILES string of the molecule is Nc1ccc(C(N=Cc2ccc(-c3ccccc3)cc2)N=Nc2ccccc2)cc1. The van der Waals surface area contributed by atoms with Gasteiger partial charge in [0.1, 0.15) is 0 Å². The molecule has 0 saturated heterocycles. The molecule has 0 amide bonds. The molecule has 4 heteroatoms. The van der Waals surface area contributed by atoms with Crippen molar-refractivity contribution in [1.82, 2.24) is 0 Å². The van der Waals surface area contributed by atoms with Crippen molar-refractivity contribution in [3.05, 3.63) is 120 Å². The molecular weight excluding hydrogens is 368 g/mol. The van der Waals surface area contributed by atoms with Crippen LogP contribution in [0, 0.1) is 0 Å². The van der Waals surface area contributed by atoms with E-state index >= 15 is 0 Å². The number of hydrogen-bond donors (Lipinski definition) is 1. The molecule has 2 N–H and O–H groups in total. The van der Waals surface area contributed by atoms with Gasteiger partial charge in [0, 0.05) is 17.5 Å². The van der Waals surface area contributed by atoms with E-state index < -0.39 is 6.17 Å². The first-order valence-electron chi connectivity index (χ1n) is 9.78. The maximum atomic E-state index is 5.83. The van der Waals surface area contributed by atoms with Gasteiger partial charge in [-0.15, -0.1) is 0 Å². The van der Waals surface area contributed by atoms with Gasteiger partial charge in [0.25, 0.3) is 0 Å². The van der Waals surface area contributed by atoms with Gasteiger partial charge in [-0.1, -0.05) is 84.9 Å². The van der Waals surface area contributed by atoms with Gasteiger partial charge in [0.2, 0.25) is 0 Å². The molecule has 0 aromatic heterocycles. The molecule has 0 aliphatic heterocycles. The normalized spacial score (nSPS) is 12.4. The Morgan fingerprint density at radius 1 is 0.633 bits per heavy atom. The third kappa shape index (κ3) is 5.06. The molecule has 4 aromatic carbocycles. The summed E-state index contributed by atoms with van der Waals surface area (Å²) in [4.78, 5) is 4.69. The Labute approximate surface area is 176 Å². The largest absolute Gasteiger partial charge is 0.399 e. The molecule has 1 unspecified atom stereocenters. The molecule has 0 bridgehead atoms. The number of rotatable bonds is 6. The highest BCUT2D eigenvalue weighted by atomic mass is 15.2. The Balaban J connectivity index is 1.57. The zero-order valence-corrected chi connectivity index (χ0v) is 16.5. The van der Waals surface area contributed by atoms with Crippen LogP contribution in [0.2, 0.25) is 0 Å². The van der Waals surface area contributed by atoms with E-state index in [1.807, 2.05) is 79.0 Å². The van der Waals surface area contributed by atoms with E-state index in [-0.39, 0.29) is 0 Å². The van der Waals surface area contributed by atoms with Crippen molar-refractivity contribution in [2.24, 2.45) is 15.2 Å². The highest BCUT2D eigenvalue weighted by Crippen LogP contribution is 2.24. The van der Waals surface area contributed by atoms with Crippen LogP contribution >= 0.6 is 0 Å². The van der Waals surface area contributed by atoms with Gasteiger partial charge in [-0.05, 0) is 41.0 Å². The predicted molar refractivity (Wildman–Crippen MR) is 124 cm³/mol. The molecule has 146 valence electrons. The van der Waals surface area contributed by atoms with Crippen LogP contribution in [0.5, 0.6) is 0 Å². The molecule has 0 saturated carbocycles. The van der Waals surface area contributed by atoms with Crippen molar-refractivity contribution in [2.75, 3.05) is 5.73 Å². The molecule has 0 spiro atoms. The average Bonchev–Trinajstić information content (AvgIpc) is 2.81. The van der Waals surface area contributed by atoms with E-state index in [9.17, 15) is 0 Å². The summed E-state index contributed by atoms with van der Waals surface area (Å²) in [6, 6.07) is 35.8. The van der Waals surface area contributed by atoms with Gasteiger partial charge in [-0.25, -0.2) is 0 Å². The molecule has 1 atom stereocenters. The number of nitrogen functional groups attached to an aromatic ring is 1. The van der Waals surface area contributed by atoms with Crippen molar-refractivity contribution in [3.63, 3.8) is 0 Å². The Hall–Kier alpha value is -4.05. The molecule has 0 fully saturated rings. The van der Waals surface area contributed by atoms with E-state index in [0.717, 1.165) is 16.8 Å². The van der Waals surface area contributed by atoms with Crippen molar-refractivity contribution >= 4 is 17.6 Å². The van der Waals surface area contributed by atoms with E-state index in [1.165, 1.54) is 11.1 Å². The van der Waals surface area contributed by atoms with Crippen molar-refractivity contribution < 1.29 is 0 Å². The maximum absolute atomic E-state index is 5.83. The fourth-order valence-corrected chi connectivity index (χ4v) is 3.02. The second kappa shape index (κ2) is 9.43. The van der Waals surface area contributed by atoms with Crippen molar-refractivity contribution in [3.8, 4) is 11.1 Å². The molecule has 0 aliphatic rings. The molecule has 4 rings (SSSR count). The van der Waals surface area contributed by atoms with Crippen LogP contribution in [0.25, 0.3) is 11.1 Å². The Morgan fingerprint density at radius 3 is 1.90 bits per heavy atom. The Bertz CT molecular complexity index is 1120. The zero-order chi connectivity index (χ0) is 20.6. The smallest absolute Gasteiger partial charge is 0.185 e. The number of benzene rings is 4. The minimum Gasteiger partial charge on any atom is -0.399 e. The van der Waals surface area contributed by atoms with Gasteiger partial charge < -0.3 is 5.73 Å². The van der Waals surface area contributed by atoms with E-state index in [2.05, 4.69) is 51.6 Å². The van der Waals surface area contributed by atoms with Gasteiger partial charge in [-0.3, -0.25) is 4.99 Å². The molecule has 0 radical (unpaired) electrons. The second-order valence-corrected chi connectivity index (χ2v) is 6.86. The summed E-state index contributed by atoms with van der Waals surface area (Å²) in [6.45, 7) is 0. The van der Waals surface area contributed by atoms with Crippen LogP contribution in [0.1, 0.15) is 17.3 Å². The van der Waals surface area contributed by atoms with Crippen LogP contribution < -0.4 is 5.73 Å². The second-order valence-electron chi connectivity index (χ2n) is 6.86. The lowest BCUT2D eigenvalue weighted by Gasteiger charge is -2.08. The first-order chi connectivity index (χ1) is 14.8. The van der Waals surface area contributed by atoms with Gasteiger partial charge in [-0.2, -0.15) is 10.2 Å². The quantitative estimate of drug-likeness (QED) is 0.219. The zero-order valence-electron chi connectivity index (χ0n) is 16.5. The molecule has 0 aliphatic carbocycles. The topological polar surface area (TPSA) is 63.1 Å². The van der Waals surface area contributed by atoms with Gasteiger partial charge in [0.15, 0.2) is 6.17 Å². The number of aliphatic imine (C=N–C) groups is 1. The van der Waals surface area contributed by atoms with Crippen LogP contribution in [-0.2, 0) is 0 Å². The maximum Gasteiger partial charge on any atom is 0.185 e. The van der Waals surface area contributed by atoms with Crippen molar-refractivity contribution in [2.45, 2.75) is 6.17 Å². The van der Waals surface area contributed by atoms with Crippen LogP contribution in [0.15, 0.2) is 124 Å². The van der Waals surface area contributed by atoms with Crippen LogP contribution in [0.4, 0.5) is 11.4 Å². The number of azo groups is 1. The summed E-state index contributed by atoms with van der Waals surface area (Å²) in [7, 11) is 0. The molecule has 30 heavy (non-hydrogen) atoms.